The number of nitrogen functional groups attached to an aromatic ring is 1. The summed E-state index contributed by atoms with van der Waals surface area (Å²) in [5, 5.41) is 7.64. The number of hydrogen-bond donors (Lipinski definition) is 2. The van der Waals surface area contributed by atoms with Crippen molar-refractivity contribution in [3.05, 3.63) is 107 Å². The number of hydrogen-bond acceptors (Lipinski definition) is 5. The van der Waals surface area contributed by atoms with Gasteiger partial charge in [-0.1, -0.05) is 105 Å². The molecular weight excluding hydrogens is 643 g/mol. The monoisotopic (exact) mass is 680 g/mol. The van der Waals surface area contributed by atoms with E-state index >= 15 is 0 Å². The number of halogens is 2. The second-order valence-electron chi connectivity index (χ2n) is 13.9. The third kappa shape index (κ3) is 5.43. The molecule has 2 aliphatic carbocycles. The number of aryl methyl sites for hydroxylation is 1. The standard InChI is InChI=1S/C38H38Cl2N4O2Si/c1-22-15-16-42-20-29(22)33-34(39)28-19-31(43-21-30(28)36(41)35(33)40)44-37(45)32-26-17-23(18-27(26)32)46-47(38(2,3)4,24-11-7-5-8-12-24)25-13-9-6-10-14-25/h5-16,19-21,23,26-27,32H,17-18,41H2,1-4H3,(H,43,44,45). The van der Waals surface area contributed by atoms with Gasteiger partial charge in [-0.3, -0.25) is 9.78 Å². The van der Waals surface area contributed by atoms with E-state index in [1.807, 2.05) is 13.0 Å². The van der Waals surface area contributed by atoms with Crippen LogP contribution in [-0.4, -0.2) is 30.3 Å². The molecule has 2 aromatic heterocycles. The Bertz CT molecular complexity index is 1930. The van der Waals surface area contributed by atoms with Crippen molar-refractivity contribution < 1.29 is 9.22 Å². The summed E-state index contributed by atoms with van der Waals surface area (Å²) >= 11 is 13.7. The minimum absolute atomic E-state index is 0.0165. The predicted octanol–water partition coefficient (Wildman–Crippen LogP) is 8.03. The highest BCUT2D eigenvalue weighted by molar-refractivity contribution is 6.99. The van der Waals surface area contributed by atoms with Gasteiger partial charge in [0.2, 0.25) is 5.91 Å². The van der Waals surface area contributed by atoms with Crippen LogP contribution in [0.4, 0.5) is 11.5 Å². The molecule has 0 aliphatic heterocycles. The molecule has 47 heavy (non-hydrogen) atoms. The lowest BCUT2D eigenvalue weighted by Gasteiger charge is -2.45. The average molecular weight is 682 g/mol. The number of nitrogens with one attached hydrogen (secondary N) is 1. The van der Waals surface area contributed by atoms with E-state index in [9.17, 15) is 4.79 Å². The average Bonchev–Trinajstić information content (AvgIpc) is 3.58. The Morgan fingerprint density at radius 3 is 2.11 bits per heavy atom. The highest BCUT2D eigenvalue weighted by atomic mass is 35.5. The summed E-state index contributed by atoms with van der Waals surface area (Å²) in [6, 6.07) is 25.1. The van der Waals surface area contributed by atoms with Crippen LogP contribution in [0.2, 0.25) is 15.1 Å². The topological polar surface area (TPSA) is 90.1 Å². The van der Waals surface area contributed by atoms with E-state index in [2.05, 4.69) is 96.7 Å². The van der Waals surface area contributed by atoms with Gasteiger partial charge in [0.15, 0.2) is 0 Å². The van der Waals surface area contributed by atoms with Crippen LogP contribution >= 0.6 is 23.2 Å². The van der Waals surface area contributed by atoms with E-state index in [0.29, 0.717) is 37.9 Å². The Morgan fingerprint density at radius 2 is 1.53 bits per heavy atom. The second kappa shape index (κ2) is 12.0. The van der Waals surface area contributed by atoms with Crippen LogP contribution in [0.1, 0.15) is 39.2 Å². The van der Waals surface area contributed by atoms with Crippen LogP contribution in [-0.2, 0) is 9.22 Å². The molecular formula is C38H38Cl2N4O2Si. The molecule has 2 heterocycles. The maximum atomic E-state index is 13.6. The predicted molar refractivity (Wildman–Crippen MR) is 195 cm³/mol. The Balaban J connectivity index is 1.10. The van der Waals surface area contributed by atoms with Crippen molar-refractivity contribution in [3.8, 4) is 11.1 Å². The smallest absolute Gasteiger partial charge is 0.261 e. The summed E-state index contributed by atoms with van der Waals surface area (Å²) in [7, 11) is -2.65. The summed E-state index contributed by atoms with van der Waals surface area (Å²) in [6.07, 6.45) is 6.91. The number of pyridine rings is 2. The molecule has 0 radical (unpaired) electrons. The van der Waals surface area contributed by atoms with Crippen molar-refractivity contribution >= 4 is 70.1 Å². The van der Waals surface area contributed by atoms with Gasteiger partial charge < -0.3 is 15.5 Å². The SMILES string of the molecule is Cc1ccncc1-c1c(Cl)c(N)c2cnc(NC(=O)C3C4CC(O[Si](c5ccccc5)(c5ccccc5)C(C)(C)C)CC43)cc2c1Cl. The lowest BCUT2D eigenvalue weighted by molar-refractivity contribution is -0.118. The van der Waals surface area contributed by atoms with Crippen LogP contribution in [0.3, 0.4) is 0 Å². The van der Waals surface area contributed by atoms with Gasteiger partial charge in [-0.05, 0) is 64.7 Å². The Labute approximate surface area is 286 Å². The quantitative estimate of drug-likeness (QED) is 0.134. The fourth-order valence-electron chi connectivity index (χ4n) is 7.79. The first-order chi connectivity index (χ1) is 22.5. The molecule has 0 saturated heterocycles. The summed E-state index contributed by atoms with van der Waals surface area (Å²) in [5.74, 6) is 0.932. The highest BCUT2D eigenvalue weighted by Gasteiger charge is 2.62. The fourth-order valence-corrected chi connectivity index (χ4v) is 13.2. The van der Waals surface area contributed by atoms with Crippen molar-refractivity contribution in [3.63, 3.8) is 0 Å². The molecule has 3 aromatic carbocycles. The summed E-state index contributed by atoms with van der Waals surface area (Å²) < 4.78 is 7.37. The zero-order chi connectivity index (χ0) is 33.1. The molecule has 2 fully saturated rings. The number of rotatable bonds is 7. The summed E-state index contributed by atoms with van der Waals surface area (Å²) in [5.41, 5.74) is 9.25. The van der Waals surface area contributed by atoms with Gasteiger partial charge in [0.25, 0.3) is 8.32 Å². The lowest BCUT2D eigenvalue weighted by Crippen LogP contribution is -2.67. The maximum absolute atomic E-state index is 13.6. The van der Waals surface area contributed by atoms with Crippen molar-refractivity contribution in [2.45, 2.75) is 51.7 Å². The van der Waals surface area contributed by atoms with E-state index in [1.165, 1.54) is 10.4 Å². The molecule has 0 bridgehead atoms. The third-order valence-electron chi connectivity index (χ3n) is 10.1. The van der Waals surface area contributed by atoms with Gasteiger partial charge in [-0.2, -0.15) is 0 Å². The number of carbonyl (C=O) groups is 1. The maximum Gasteiger partial charge on any atom is 0.261 e. The first-order valence-corrected chi connectivity index (χ1v) is 18.7. The molecule has 2 atom stereocenters. The van der Waals surface area contributed by atoms with Gasteiger partial charge >= 0.3 is 0 Å². The molecule has 6 nitrogen and oxygen atoms in total. The zero-order valence-electron chi connectivity index (χ0n) is 26.9. The number of benzene rings is 3. The molecule has 5 aromatic rings. The Morgan fingerprint density at radius 1 is 0.915 bits per heavy atom. The number of nitrogens with zero attached hydrogens (tertiary/aromatic N) is 2. The number of carbonyl (C=O) groups excluding carboxylic acids is 1. The third-order valence-corrected chi connectivity index (χ3v) is 16.0. The van der Waals surface area contributed by atoms with Gasteiger partial charge in [0.05, 0.1) is 15.7 Å². The van der Waals surface area contributed by atoms with Crippen LogP contribution in [0.15, 0.2) is 91.4 Å². The van der Waals surface area contributed by atoms with E-state index in [-0.39, 0.29) is 34.8 Å². The van der Waals surface area contributed by atoms with Crippen molar-refractivity contribution in [2.75, 3.05) is 11.1 Å². The molecule has 1 amide bonds. The largest absolute Gasteiger partial charge is 0.404 e. The Hall–Kier alpha value is -3.75. The van der Waals surface area contributed by atoms with Gasteiger partial charge in [0.1, 0.15) is 5.82 Å². The first-order valence-electron chi connectivity index (χ1n) is 16.1. The number of amides is 1. The normalized spacial score (nSPS) is 20.6. The molecule has 7 rings (SSSR count). The van der Waals surface area contributed by atoms with E-state index < -0.39 is 8.32 Å². The molecule has 2 unspecified atom stereocenters. The summed E-state index contributed by atoms with van der Waals surface area (Å²) in [4.78, 5) is 22.4. The van der Waals surface area contributed by atoms with E-state index in [0.717, 1.165) is 24.0 Å². The number of nitrogens with two attached hydrogens (primary N) is 1. The molecule has 3 N–H and O–H groups in total. The molecule has 240 valence electrons. The van der Waals surface area contributed by atoms with Crippen molar-refractivity contribution in [2.24, 2.45) is 17.8 Å². The van der Waals surface area contributed by atoms with E-state index in [4.69, 9.17) is 33.4 Å². The van der Waals surface area contributed by atoms with Gasteiger partial charge in [-0.15, -0.1) is 0 Å². The molecule has 9 heteroatoms. The second-order valence-corrected chi connectivity index (χ2v) is 18.9. The highest BCUT2D eigenvalue weighted by Crippen LogP contribution is 2.59. The number of anilines is 2. The van der Waals surface area contributed by atoms with Gasteiger partial charge in [0, 0.05) is 52.5 Å². The van der Waals surface area contributed by atoms with Crippen LogP contribution in [0, 0.1) is 24.7 Å². The minimum atomic E-state index is -2.65. The zero-order valence-corrected chi connectivity index (χ0v) is 29.4. The lowest BCUT2D eigenvalue weighted by atomic mass is 9.98. The minimum Gasteiger partial charge on any atom is -0.404 e. The fraction of sp³-hybridized carbons (Fsp3) is 0.289. The molecule has 2 saturated carbocycles. The van der Waals surface area contributed by atoms with Crippen LogP contribution in [0.5, 0.6) is 0 Å². The first kappa shape index (κ1) is 31.8. The Kier molecular flexibility index (Phi) is 8.16. The number of aromatic nitrogens is 2. The van der Waals surface area contributed by atoms with Crippen LogP contribution < -0.4 is 21.4 Å². The van der Waals surface area contributed by atoms with Crippen molar-refractivity contribution in [1.29, 1.82) is 0 Å². The molecule has 0 spiro atoms. The van der Waals surface area contributed by atoms with E-state index in [1.54, 1.807) is 24.7 Å². The van der Waals surface area contributed by atoms with Crippen LogP contribution in [0.25, 0.3) is 21.9 Å². The van der Waals surface area contributed by atoms with Crippen molar-refractivity contribution in [1.82, 2.24) is 9.97 Å². The van der Waals surface area contributed by atoms with Gasteiger partial charge in [-0.25, -0.2) is 4.98 Å². The number of fused-ring (bicyclic) bond motifs is 2. The summed E-state index contributed by atoms with van der Waals surface area (Å²) in [6.45, 7) is 8.88. The molecule has 2 aliphatic rings.